The molecule has 1 amide bonds. The lowest BCUT2D eigenvalue weighted by Crippen LogP contribution is -2.25. The average molecular weight is 247 g/mol. The number of aliphatic carboxylic acids is 1. The maximum Gasteiger partial charge on any atom is 0.303 e. The van der Waals surface area contributed by atoms with E-state index in [0.29, 0.717) is 26.4 Å². The molecule has 0 aliphatic carbocycles. The standard InChI is InChI=1S/C11H21NO5/c1-16-8-9-17-7-3-2-6-12-10(13)4-5-11(14)15/h2-9H2,1H3,(H,12,13)(H,14,15). The molecule has 0 unspecified atom stereocenters. The molecule has 0 saturated heterocycles. The summed E-state index contributed by atoms with van der Waals surface area (Å²) in [5, 5.41) is 11.0. The number of amides is 1. The third kappa shape index (κ3) is 12.8. The number of hydrogen-bond acceptors (Lipinski definition) is 4. The molecule has 0 bridgehead atoms. The topological polar surface area (TPSA) is 84.9 Å². The van der Waals surface area contributed by atoms with Crippen molar-refractivity contribution in [3.8, 4) is 0 Å². The Morgan fingerprint density at radius 2 is 1.88 bits per heavy atom. The number of hydrogen-bond donors (Lipinski definition) is 2. The summed E-state index contributed by atoms with van der Waals surface area (Å²) in [6.45, 7) is 2.38. The Bertz CT molecular complexity index is 220. The minimum Gasteiger partial charge on any atom is -0.481 e. The van der Waals surface area contributed by atoms with E-state index >= 15 is 0 Å². The lowest BCUT2D eigenvalue weighted by Gasteiger charge is -2.05. The van der Waals surface area contributed by atoms with E-state index in [1.807, 2.05) is 0 Å². The van der Waals surface area contributed by atoms with Crippen LogP contribution in [0.3, 0.4) is 0 Å². The molecule has 0 saturated carbocycles. The first-order valence-electron chi connectivity index (χ1n) is 5.72. The Morgan fingerprint density at radius 1 is 1.12 bits per heavy atom. The van der Waals surface area contributed by atoms with Crippen molar-refractivity contribution in [2.24, 2.45) is 0 Å². The summed E-state index contributed by atoms with van der Waals surface area (Å²) in [4.78, 5) is 21.3. The molecule has 0 aromatic rings. The summed E-state index contributed by atoms with van der Waals surface area (Å²) in [5.74, 6) is -1.17. The zero-order chi connectivity index (χ0) is 12.9. The van der Waals surface area contributed by atoms with Crippen molar-refractivity contribution in [3.63, 3.8) is 0 Å². The molecule has 0 aliphatic rings. The molecule has 0 rings (SSSR count). The van der Waals surface area contributed by atoms with Crippen LogP contribution < -0.4 is 5.32 Å². The second kappa shape index (κ2) is 11.3. The van der Waals surface area contributed by atoms with Crippen molar-refractivity contribution in [1.82, 2.24) is 5.32 Å². The maximum atomic E-state index is 11.1. The van der Waals surface area contributed by atoms with Gasteiger partial charge < -0.3 is 19.9 Å². The lowest BCUT2D eigenvalue weighted by atomic mass is 10.3. The van der Waals surface area contributed by atoms with E-state index in [-0.39, 0.29) is 18.7 Å². The van der Waals surface area contributed by atoms with Crippen LogP contribution in [0.2, 0.25) is 0 Å². The second-order valence-corrected chi connectivity index (χ2v) is 3.56. The summed E-state index contributed by atoms with van der Waals surface area (Å²) >= 11 is 0. The van der Waals surface area contributed by atoms with Gasteiger partial charge in [-0.1, -0.05) is 0 Å². The minimum absolute atomic E-state index is 0.0413. The Morgan fingerprint density at radius 3 is 2.53 bits per heavy atom. The van der Waals surface area contributed by atoms with Gasteiger partial charge in [-0.3, -0.25) is 9.59 Å². The fourth-order valence-corrected chi connectivity index (χ4v) is 1.11. The number of carbonyl (C=O) groups excluding carboxylic acids is 1. The molecule has 100 valence electrons. The Hall–Kier alpha value is -1.14. The van der Waals surface area contributed by atoms with E-state index in [9.17, 15) is 9.59 Å². The Labute approximate surface area is 101 Å². The van der Waals surface area contributed by atoms with Crippen LogP contribution in [0.5, 0.6) is 0 Å². The average Bonchev–Trinajstić information content (AvgIpc) is 2.30. The van der Waals surface area contributed by atoms with Crippen molar-refractivity contribution in [2.75, 3.05) is 33.5 Å². The highest BCUT2D eigenvalue weighted by atomic mass is 16.5. The van der Waals surface area contributed by atoms with Gasteiger partial charge in [0.25, 0.3) is 0 Å². The van der Waals surface area contributed by atoms with Gasteiger partial charge >= 0.3 is 5.97 Å². The fraction of sp³-hybridized carbons (Fsp3) is 0.818. The normalized spacial score (nSPS) is 10.2. The molecule has 0 radical (unpaired) electrons. The quantitative estimate of drug-likeness (QED) is 0.517. The van der Waals surface area contributed by atoms with Crippen molar-refractivity contribution < 1.29 is 24.2 Å². The van der Waals surface area contributed by atoms with Gasteiger partial charge in [0, 0.05) is 26.7 Å². The summed E-state index contributed by atoms with van der Waals surface area (Å²) in [7, 11) is 1.62. The van der Waals surface area contributed by atoms with Gasteiger partial charge in [0.15, 0.2) is 0 Å². The van der Waals surface area contributed by atoms with Crippen molar-refractivity contribution >= 4 is 11.9 Å². The molecule has 2 N–H and O–H groups in total. The van der Waals surface area contributed by atoms with Gasteiger partial charge in [-0.2, -0.15) is 0 Å². The Balaban J connectivity index is 3.16. The van der Waals surface area contributed by atoms with E-state index in [1.54, 1.807) is 7.11 Å². The molecular weight excluding hydrogens is 226 g/mol. The van der Waals surface area contributed by atoms with Gasteiger partial charge in [-0.05, 0) is 12.8 Å². The first-order valence-corrected chi connectivity index (χ1v) is 5.72. The largest absolute Gasteiger partial charge is 0.481 e. The van der Waals surface area contributed by atoms with Crippen LogP contribution in [0.25, 0.3) is 0 Å². The maximum absolute atomic E-state index is 11.1. The molecule has 6 nitrogen and oxygen atoms in total. The predicted octanol–water partition coefficient (Wildman–Crippen LogP) is 0.411. The second-order valence-electron chi connectivity index (χ2n) is 3.56. The van der Waals surface area contributed by atoms with Crippen LogP contribution in [0.1, 0.15) is 25.7 Å². The van der Waals surface area contributed by atoms with Crippen LogP contribution in [-0.2, 0) is 19.1 Å². The minimum atomic E-state index is -0.952. The lowest BCUT2D eigenvalue weighted by molar-refractivity contribution is -0.138. The molecule has 0 aromatic carbocycles. The first-order chi connectivity index (χ1) is 8.16. The van der Waals surface area contributed by atoms with E-state index in [2.05, 4.69) is 5.32 Å². The highest BCUT2D eigenvalue weighted by Gasteiger charge is 2.03. The van der Waals surface area contributed by atoms with Crippen LogP contribution in [0.15, 0.2) is 0 Å². The molecule has 0 heterocycles. The molecule has 17 heavy (non-hydrogen) atoms. The third-order valence-electron chi connectivity index (χ3n) is 2.04. The molecule has 0 aromatic heterocycles. The number of carbonyl (C=O) groups is 2. The van der Waals surface area contributed by atoms with Gasteiger partial charge in [-0.25, -0.2) is 0 Å². The molecule has 6 heteroatoms. The molecule has 0 aliphatic heterocycles. The summed E-state index contributed by atoms with van der Waals surface area (Å²) in [6.07, 6.45) is 1.61. The van der Waals surface area contributed by atoms with Gasteiger partial charge in [-0.15, -0.1) is 0 Å². The number of carboxylic acids is 1. The fourth-order valence-electron chi connectivity index (χ4n) is 1.11. The van der Waals surface area contributed by atoms with E-state index in [0.717, 1.165) is 12.8 Å². The smallest absolute Gasteiger partial charge is 0.303 e. The predicted molar refractivity (Wildman–Crippen MR) is 61.8 cm³/mol. The highest BCUT2D eigenvalue weighted by molar-refractivity contribution is 5.80. The van der Waals surface area contributed by atoms with Gasteiger partial charge in [0.05, 0.1) is 19.6 Å². The molecule has 0 atom stereocenters. The van der Waals surface area contributed by atoms with Gasteiger partial charge in [0.1, 0.15) is 0 Å². The number of ether oxygens (including phenoxy) is 2. The number of nitrogens with one attached hydrogen (secondary N) is 1. The third-order valence-corrected chi connectivity index (χ3v) is 2.04. The highest BCUT2D eigenvalue weighted by Crippen LogP contribution is 1.91. The number of methoxy groups -OCH3 is 1. The van der Waals surface area contributed by atoms with Gasteiger partial charge in [0.2, 0.25) is 5.91 Å². The number of rotatable bonds is 11. The zero-order valence-corrected chi connectivity index (χ0v) is 10.2. The first kappa shape index (κ1) is 15.9. The summed E-state index contributed by atoms with van der Waals surface area (Å²) in [6, 6.07) is 0. The molecular formula is C11H21NO5. The Kier molecular flexibility index (Phi) is 10.6. The number of unbranched alkanes of at least 4 members (excludes halogenated alkanes) is 1. The van der Waals surface area contributed by atoms with Crippen LogP contribution in [0, 0.1) is 0 Å². The van der Waals surface area contributed by atoms with Crippen molar-refractivity contribution in [1.29, 1.82) is 0 Å². The monoisotopic (exact) mass is 247 g/mol. The number of carboxylic acid groups (broad SMARTS) is 1. The molecule has 0 spiro atoms. The molecule has 0 fully saturated rings. The van der Waals surface area contributed by atoms with E-state index in [4.69, 9.17) is 14.6 Å². The SMILES string of the molecule is COCCOCCCCNC(=O)CCC(=O)O. The summed E-state index contributed by atoms with van der Waals surface area (Å²) < 4.78 is 10.1. The van der Waals surface area contributed by atoms with Crippen LogP contribution in [-0.4, -0.2) is 50.5 Å². The zero-order valence-electron chi connectivity index (χ0n) is 10.2. The summed E-state index contributed by atoms with van der Waals surface area (Å²) in [5.41, 5.74) is 0. The van der Waals surface area contributed by atoms with Crippen molar-refractivity contribution in [3.05, 3.63) is 0 Å². The van der Waals surface area contributed by atoms with Crippen LogP contribution >= 0.6 is 0 Å². The van der Waals surface area contributed by atoms with Crippen LogP contribution in [0.4, 0.5) is 0 Å². The van der Waals surface area contributed by atoms with Crippen molar-refractivity contribution in [2.45, 2.75) is 25.7 Å². The van der Waals surface area contributed by atoms with E-state index < -0.39 is 5.97 Å². The van der Waals surface area contributed by atoms with E-state index in [1.165, 1.54) is 0 Å².